The fraction of sp³-hybridized carbons (Fsp3) is 0.235. The van der Waals surface area contributed by atoms with Gasteiger partial charge in [0.15, 0.2) is 0 Å². The highest BCUT2D eigenvalue weighted by atomic mass is 35.5. The summed E-state index contributed by atoms with van der Waals surface area (Å²) in [4.78, 5) is 4.77. The summed E-state index contributed by atoms with van der Waals surface area (Å²) in [5.74, 6) is 0.985. The summed E-state index contributed by atoms with van der Waals surface area (Å²) in [6, 6.07) is 14.3. The standard InChI is InChI=1S/C17H18ClN3/c1-19-10-9-12-5-3-4-6-14(12)17-20-15-11-13(18)7-8-16(15)21(17)2/h3-8,11,19H,9-10H2,1-2H3. The monoisotopic (exact) mass is 299 g/mol. The first-order valence-corrected chi connectivity index (χ1v) is 7.43. The van der Waals surface area contributed by atoms with Crippen LogP contribution in [0.1, 0.15) is 5.56 Å². The number of likely N-dealkylation sites (N-methyl/N-ethyl adjacent to an activating group) is 1. The molecular formula is C17H18ClN3. The molecule has 0 amide bonds. The highest BCUT2D eigenvalue weighted by Crippen LogP contribution is 2.28. The summed E-state index contributed by atoms with van der Waals surface area (Å²) < 4.78 is 2.13. The molecular weight excluding hydrogens is 282 g/mol. The number of nitrogens with one attached hydrogen (secondary N) is 1. The molecule has 1 N–H and O–H groups in total. The Kier molecular flexibility index (Phi) is 3.95. The lowest BCUT2D eigenvalue weighted by Gasteiger charge is -2.09. The second-order valence-corrected chi connectivity index (χ2v) is 5.57. The lowest BCUT2D eigenvalue weighted by Crippen LogP contribution is -2.11. The van der Waals surface area contributed by atoms with Crippen LogP contribution in [-0.4, -0.2) is 23.1 Å². The van der Waals surface area contributed by atoms with Gasteiger partial charge in [-0.05, 0) is 43.8 Å². The number of imidazole rings is 1. The van der Waals surface area contributed by atoms with E-state index in [9.17, 15) is 0 Å². The molecule has 0 aliphatic heterocycles. The number of halogens is 1. The van der Waals surface area contributed by atoms with Gasteiger partial charge in [-0.25, -0.2) is 4.98 Å². The van der Waals surface area contributed by atoms with Gasteiger partial charge in [-0.2, -0.15) is 0 Å². The molecule has 0 aliphatic carbocycles. The maximum absolute atomic E-state index is 6.07. The minimum atomic E-state index is 0.718. The Bertz CT molecular complexity index is 777. The van der Waals surface area contributed by atoms with Gasteiger partial charge < -0.3 is 9.88 Å². The zero-order valence-electron chi connectivity index (χ0n) is 12.2. The summed E-state index contributed by atoms with van der Waals surface area (Å²) in [5.41, 5.74) is 4.51. The maximum atomic E-state index is 6.07. The molecule has 0 radical (unpaired) electrons. The summed E-state index contributed by atoms with van der Waals surface area (Å²) in [6.07, 6.45) is 0.983. The van der Waals surface area contributed by atoms with Gasteiger partial charge in [0.05, 0.1) is 11.0 Å². The van der Waals surface area contributed by atoms with Crippen molar-refractivity contribution in [3.8, 4) is 11.4 Å². The molecule has 1 heterocycles. The van der Waals surface area contributed by atoms with Gasteiger partial charge in [0.2, 0.25) is 0 Å². The topological polar surface area (TPSA) is 29.9 Å². The molecule has 0 atom stereocenters. The Balaban J connectivity index is 2.14. The van der Waals surface area contributed by atoms with Crippen LogP contribution >= 0.6 is 11.6 Å². The van der Waals surface area contributed by atoms with Crippen molar-refractivity contribution in [2.45, 2.75) is 6.42 Å². The third kappa shape index (κ3) is 2.67. The van der Waals surface area contributed by atoms with Crippen molar-refractivity contribution in [3.05, 3.63) is 53.1 Å². The van der Waals surface area contributed by atoms with Gasteiger partial charge in [0.1, 0.15) is 5.82 Å². The zero-order chi connectivity index (χ0) is 14.8. The van der Waals surface area contributed by atoms with E-state index < -0.39 is 0 Å². The Morgan fingerprint density at radius 1 is 1.19 bits per heavy atom. The number of rotatable bonds is 4. The minimum absolute atomic E-state index is 0.718. The highest BCUT2D eigenvalue weighted by molar-refractivity contribution is 6.31. The smallest absolute Gasteiger partial charge is 0.141 e. The van der Waals surface area contributed by atoms with Crippen LogP contribution in [0.3, 0.4) is 0 Å². The summed E-state index contributed by atoms with van der Waals surface area (Å²) >= 11 is 6.07. The van der Waals surface area contributed by atoms with Gasteiger partial charge >= 0.3 is 0 Å². The van der Waals surface area contributed by atoms with Crippen LogP contribution in [0.5, 0.6) is 0 Å². The molecule has 3 aromatic rings. The van der Waals surface area contributed by atoms with E-state index in [4.69, 9.17) is 16.6 Å². The Morgan fingerprint density at radius 2 is 2.00 bits per heavy atom. The number of aryl methyl sites for hydroxylation is 1. The van der Waals surface area contributed by atoms with Crippen LogP contribution in [0, 0.1) is 0 Å². The summed E-state index contributed by atoms with van der Waals surface area (Å²) in [6.45, 7) is 0.951. The molecule has 0 spiro atoms. The number of aromatic nitrogens is 2. The molecule has 0 bridgehead atoms. The first-order chi connectivity index (χ1) is 10.2. The van der Waals surface area contributed by atoms with Crippen molar-refractivity contribution >= 4 is 22.6 Å². The van der Waals surface area contributed by atoms with Crippen LogP contribution < -0.4 is 5.32 Å². The normalized spacial score (nSPS) is 11.2. The van der Waals surface area contributed by atoms with Crippen molar-refractivity contribution in [3.63, 3.8) is 0 Å². The van der Waals surface area contributed by atoms with E-state index in [0.29, 0.717) is 0 Å². The van der Waals surface area contributed by atoms with Crippen molar-refractivity contribution in [1.29, 1.82) is 0 Å². The van der Waals surface area contributed by atoms with Crippen molar-refractivity contribution < 1.29 is 0 Å². The number of fused-ring (bicyclic) bond motifs is 1. The molecule has 108 valence electrons. The van der Waals surface area contributed by atoms with E-state index in [1.54, 1.807) is 0 Å². The fourth-order valence-electron chi connectivity index (χ4n) is 2.63. The number of benzene rings is 2. The second kappa shape index (κ2) is 5.88. The average Bonchev–Trinajstić information content (AvgIpc) is 2.81. The minimum Gasteiger partial charge on any atom is -0.327 e. The van der Waals surface area contributed by atoms with Crippen molar-refractivity contribution in [1.82, 2.24) is 14.9 Å². The molecule has 0 aliphatic rings. The van der Waals surface area contributed by atoms with E-state index >= 15 is 0 Å². The van der Waals surface area contributed by atoms with Gasteiger partial charge in [0.25, 0.3) is 0 Å². The highest BCUT2D eigenvalue weighted by Gasteiger charge is 2.13. The molecule has 21 heavy (non-hydrogen) atoms. The second-order valence-electron chi connectivity index (χ2n) is 5.14. The third-order valence-electron chi connectivity index (χ3n) is 3.75. The number of hydrogen-bond acceptors (Lipinski definition) is 2. The molecule has 3 nitrogen and oxygen atoms in total. The third-order valence-corrected chi connectivity index (χ3v) is 3.98. The first-order valence-electron chi connectivity index (χ1n) is 7.05. The van der Waals surface area contributed by atoms with Crippen LogP contribution in [0.2, 0.25) is 5.02 Å². The number of nitrogens with zero attached hydrogens (tertiary/aromatic N) is 2. The van der Waals surface area contributed by atoms with Gasteiger partial charge in [-0.1, -0.05) is 35.9 Å². The SMILES string of the molecule is CNCCc1ccccc1-c1nc2cc(Cl)ccc2n1C. The molecule has 0 unspecified atom stereocenters. The molecule has 4 heteroatoms. The zero-order valence-corrected chi connectivity index (χ0v) is 13.0. The van der Waals surface area contributed by atoms with Gasteiger partial charge in [-0.3, -0.25) is 0 Å². The molecule has 2 aromatic carbocycles. The Morgan fingerprint density at radius 3 is 2.81 bits per heavy atom. The summed E-state index contributed by atoms with van der Waals surface area (Å²) in [5, 5.41) is 3.92. The predicted octanol–water partition coefficient (Wildman–Crippen LogP) is 3.66. The van der Waals surface area contributed by atoms with E-state index in [2.05, 4.69) is 34.1 Å². The predicted molar refractivity (Wildman–Crippen MR) is 88.8 cm³/mol. The maximum Gasteiger partial charge on any atom is 0.141 e. The van der Waals surface area contributed by atoms with Crippen LogP contribution in [-0.2, 0) is 13.5 Å². The van der Waals surface area contributed by atoms with Crippen molar-refractivity contribution in [2.24, 2.45) is 7.05 Å². The van der Waals surface area contributed by atoms with Gasteiger partial charge in [0, 0.05) is 17.6 Å². The first kappa shape index (κ1) is 14.1. The van der Waals surface area contributed by atoms with Gasteiger partial charge in [-0.15, -0.1) is 0 Å². The molecule has 3 rings (SSSR count). The lowest BCUT2D eigenvalue weighted by atomic mass is 10.0. The molecule has 0 fully saturated rings. The van der Waals surface area contributed by atoms with Crippen LogP contribution in [0.15, 0.2) is 42.5 Å². The van der Waals surface area contributed by atoms with E-state index in [1.807, 2.05) is 32.3 Å². The average molecular weight is 300 g/mol. The van der Waals surface area contributed by atoms with E-state index in [-0.39, 0.29) is 0 Å². The van der Waals surface area contributed by atoms with Crippen LogP contribution in [0.25, 0.3) is 22.4 Å². The Hall–Kier alpha value is -1.84. The Labute approximate surface area is 129 Å². The van der Waals surface area contributed by atoms with E-state index in [0.717, 1.165) is 34.8 Å². The molecule has 0 saturated carbocycles. The molecule has 0 saturated heterocycles. The largest absolute Gasteiger partial charge is 0.327 e. The van der Waals surface area contributed by atoms with E-state index in [1.165, 1.54) is 11.1 Å². The quantitative estimate of drug-likeness (QED) is 0.797. The molecule has 1 aromatic heterocycles. The lowest BCUT2D eigenvalue weighted by molar-refractivity contribution is 0.791. The number of hydrogen-bond donors (Lipinski definition) is 1. The van der Waals surface area contributed by atoms with Crippen LogP contribution in [0.4, 0.5) is 0 Å². The fourth-order valence-corrected chi connectivity index (χ4v) is 2.80. The summed E-state index contributed by atoms with van der Waals surface area (Å²) in [7, 11) is 4.02. The van der Waals surface area contributed by atoms with Crippen molar-refractivity contribution in [2.75, 3.05) is 13.6 Å².